The third-order valence-electron chi connectivity index (χ3n) is 4.93. The van der Waals surface area contributed by atoms with Crippen LogP contribution in [-0.2, 0) is 4.74 Å². The third kappa shape index (κ3) is 4.91. The van der Waals surface area contributed by atoms with Gasteiger partial charge in [-0.15, -0.1) is 0 Å². The number of ether oxygens (including phenoxy) is 1. The van der Waals surface area contributed by atoms with Crippen LogP contribution in [0.25, 0.3) is 22.1 Å². The molecule has 0 bridgehead atoms. The van der Waals surface area contributed by atoms with Gasteiger partial charge in [-0.05, 0) is 43.0 Å². The van der Waals surface area contributed by atoms with Gasteiger partial charge in [-0.3, -0.25) is 0 Å². The number of imidazole rings is 2. The van der Waals surface area contributed by atoms with E-state index >= 15 is 0 Å². The molecule has 0 atom stereocenters. The molecule has 152 valence electrons. The lowest BCUT2D eigenvalue weighted by Crippen LogP contribution is -2.22. The molecule has 0 amide bonds. The summed E-state index contributed by atoms with van der Waals surface area (Å²) in [6.45, 7) is 2.77. The van der Waals surface area contributed by atoms with E-state index < -0.39 is 0 Å². The topological polar surface area (TPSA) is 105 Å². The number of aromatic amines is 2. The first-order valence-corrected chi connectivity index (χ1v) is 11.0. The van der Waals surface area contributed by atoms with Crippen molar-refractivity contribution in [3.63, 3.8) is 0 Å². The molecule has 1 aliphatic rings. The van der Waals surface area contributed by atoms with Crippen LogP contribution in [0.4, 0.5) is 11.4 Å². The highest BCUT2D eigenvalue weighted by molar-refractivity contribution is 9.10. The van der Waals surface area contributed by atoms with E-state index in [1.165, 1.54) is 0 Å². The molecule has 2 aromatic carbocycles. The first kappa shape index (κ1) is 20.2. The maximum absolute atomic E-state index is 5.69. The number of halogens is 2. The first-order valence-electron chi connectivity index (χ1n) is 9.42. The summed E-state index contributed by atoms with van der Waals surface area (Å²) in [4.78, 5) is 14.5. The summed E-state index contributed by atoms with van der Waals surface area (Å²) < 4.78 is 7.40. The van der Waals surface area contributed by atoms with Crippen LogP contribution in [0.15, 0.2) is 45.9 Å². The molecule has 4 aromatic rings. The molecule has 0 radical (unpaired) electrons. The minimum atomic E-state index is 0.690. The van der Waals surface area contributed by atoms with Gasteiger partial charge in [0.05, 0.1) is 35.1 Å². The van der Waals surface area contributed by atoms with Crippen molar-refractivity contribution in [2.75, 3.05) is 30.8 Å². The normalized spacial score (nSPS) is 14.7. The van der Waals surface area contributed by atoms with E-state index in [1.54, 1.807) is 12.7 Å². The summed E-state index contributed by atoms with van der Waals surface area (Å²) in [5.41, 5.74) is 11.3. The molecule has 0 aliphatic carbocycles. The van der Waals surface area contributed by atoms with Crippen LogP contribution < -0.4 is 11.1 Å². The third-order valence-corrected chi connectivity index (χ3v) is 5.84. The second-order valence-corrected chi connectivity index (χ2v) is 8.81. The Balaban J connectivity index is 0.000000159. The Morgan fingerprint density at radius 3 is 2.31 bits per heavy atom. The zero-order valence-corrected chi connectivity index (χ0v) is 18.9. The molecule has 2 aromatic heterocycles. The maximum atomic E-state index is 5.69. The Bertz CT molecular complexity index is 1100. The number of nitrogens with two attached hydrogens (primary N) is 1. The Labute approximate surface area is 185 Å². The van der Waals surface area contributed by atoms with Crippen LogP contribution in [0.2, 0.25) is 0 Å². The molecule has 1 fully saturated rings. The first-order chi connectivity index (χ1) is 14.1. The fraction of sp³-hybridized carbons (Fsp3) is 0.300. The lowest BCUT2D eigenvalue weighted by atomic mass is 10.0. The molecule has 0 spiro atoms. The van der Waals surface area contributed by atoms with Crippen molar-refractivity contribution in [3.05, 3.63) is 45.9 Å². The molecule has 5 N–H and O–H groups in total. The van der Waals surface area contributed by atoms with Crippen LogP contribution in [0.5, 0.6) is 0 Å². The molecule has 9 heteroatoms. The number of fused-ring (bicyclic) bond motifs is 2. The number of hydrogen-bond donors (Lipinski definition) is 4. The largest absolute Gasteiger partial charge is 0.397 e. The quantitative estimate of drug-likeness (QED) is 0.282. The number of nitrogen functional groups attached to an aromatic ring is 1. The van der Waals surface area contributed by atoms with Crippen LogP contribution >= 0.6 is 31.9 Å². The average Bonchev–Trinajstić information content (AvgIpc) is 3.36. The van der Waals surface area contributed by atoms with Crippen molar-refractivity contribution in [2.24, 2.45) is 5.92 Å². The number of nitrogens with one attached hydrogen (secondary N) is 3. The smallest absolute Gasteiger partial charge is 0.111 e. The van der Waals surface area contributed by atoms with Crippen molar-refractivity contribution >= 4 is 65.3 Å². The summed E-state index contributed by atoms with van der Waals surface area (Å²) in [5.74, 6) is 0.701. The predicted molar refractivity (Wildman–Crippen MR) is 124 cm³/mol. The molecule has 7 nitrogen and oxygen atoms in total. The molecule has 3 heterocycles. The summed E-state index contributed by atoms with van der Waals surface area (Å²) in [6.07, 6.45) is 5.65. The molecule has 0 saturated carbocycles. The minimum absolute atomic E-state index is 0.690. The highest BCUT2D eigenvalue weighted by atomic mass is 79.9. The molecular weight excluding hydrogens is 500 g/mol. The highest BCUT2D eigenvalue weighted by Crippen LogP contribution is 2.27. The Morgan fingerprint density at radius 1 is 0.966 bits per heavy atom. The van der Waals surface area contributed by atoms with Gasteiger partial charge in [-0.1, -0.05) is 31.9 Å². The lowest BCUT2D eigenvalue weighted by molar-refractivity contribution is 0.0699. The van der Waals surface area contributed by atoms with Gasteiger partial charge in [-0.25, -0.2) is 9.97 Å². The SMILES string of the molecule is Brc1cc(NCC2CCOCC2)c2nc[nH]c2c1.Nc1cc(Br)cc2[nH]cnc12. The van der Waals surface area contributed by atoms with E-state index in [9.17, 15) is 0 Å². The molecule has 29 heavy (non-hydrogen) atoms. The standard InChI is InChI=1S/C13H16BrN3O.C7H6BrN3/c14-10-5-11(13-12(6-10)16-8-17-13)15-7-9-1-3-18-4-2-9;8-4-1-5(9)7-6(2-4)10-3-11-7/h5-6,8-9,15H,1-4,7H2,(H,16,17);1-3H,9H2,(H,10,11). The monoisotopic (exact) mass is 520 g/mol. The van der Waals surface area contributed by atoms with Crippen LogP contribution in [0.3, 0.4) is 0 Å². The second-order valence-electron chi connectivity index (χ2n) is 6.98. The molecule has 1 saturated heterocycles. The number of anilines is 2. The Morgan fingerprint density at radius 2 is 1.59 bits per heavy atom. The van der Waals surface area contributed by atoms with Crippen molar-refractivity contribution in [1.29, 1.82) is 0 Å². The number of aromatic nitrogens is 4. The zero-order chi connectivity index (χ0) is 20.2. The Kier molecular flexibility index (Phi) is 6.37. The predicted octanol–water partition coefficient (Wildman–Crippen LogP) is 5.07. The van der Waals surface area contributed by atoms with Gasteiger partial charge in [-0.2, -0.15) is 0 Å². The van der Waals surface area contributed by atoms with E-state index in [4.69, 9.17) is 10.5 Å². The number of H-pyrrole nitrogens is 2. The van der Waals surface area contributed by atoms with Crippen molar-refractivity contribution in [2.45, 2.75) is 12.8 Å². The van der Waals surface area contributed by atoms with E-state index in [0.29, 0.717) is 11.6 Å². The minimum Gasteiger partial charge on any atom is -0.397 e. The van der Waals surface area contributed by atoms with Gasteiger partial charge in [0, 0.05) is 28.7 Å². The fourth-order valence-corrected chi connectivity index (χ4v) is 4.33. The van der Waals surface area contributed by atoms with Gasteiger partial charge in [0.15, 0.2) is 0 Å². The molecular formula is C20H22Br2N6O. The number of hydrogen-bond acceptors (Lipinski definition) is 5. The summed E-state index contributed by atoms with van der Waals surface area (Å²) in [7, 11) is 0. The van der Waals surface area contributed by atoms with Gasteiger partial charge < -0.3 is 25.8 Å². The van der Waals surface area contributed by atoms with E-state index in [2.05, 4.69) is 63.2 Å². The van der Waals surface area contributed by atoms with Crippen LogP contribution in [0.1, 0.15) is 12.8 Å². The highest BCUT2D eigenvalue weighted by Gasteiger charge is 2.14. The van der Waals surface area contributed by atoms with E-state index in [-0.39, 0.29) is 0 Å². The van der Waals surface area contributed by atoms with E-state index in [0.717, 1.165) is 69.3 Å². The fourth-order valence-electron chi connectivity index (χ4n) is 3.40. The average molecular weight is 522 g/mol. The molecule has 1 aliphatic heterocycles. The van der Waals surface area contributed by atoms with Gasteiger partial charge in [0.25, 0.3) is 0 Å². The second kappa shape index (κ2) is 9.15. The van der Waals surface area contributed by atoms with Crippen molar-refractivity contribution in [1.82, 2.24) is 19.9 Å². The Hall–Kier alpha value is -2.10. The summed E-state index contributed by atoms with van der Waals surface area (Å²) in [5, 5.41) is 3.52. The van der Waals surface area contributed by atoms with Gasteiger partial charge in [0.2, 0.25) is 0 Å². The van der Waals surface area contributed by atoms with Gasteiger partial charge >= 0.3 is 0 Å². The van der Waals surface area contributed by atoms with Crippen LogP contribution in [-0.4, -0.2) is 39.7 Å². The summed E-state index contributed by atoms with van der Waals surface area (Å²) in [6, 6.07) is 7.91. The van der Waals surface area contributed by atoms with Crippen LogP contribution in [0, 0.1) is 5.92 Å². The van der Waals surface area contributed by atoms with Crippen molar-refractivity contribution in [3.8, 4) is 0 Å². The lowest BCUT2D eigenvalue weighted by Gasteiger charge is -2.22. The summed E-state index contributed by atoms with van der Waals surface area (Å²) >= 11 is 6.87. The zero-order valence-electron chi connectivity index (χ0n) is 15.7. The van der Waals surface area contributed by atoms with Gasteiger partial charge in [0.1, 0.15) is 11.0 Å². The molecule has 5 rings (SSSR count). The van der Waals surface area contributed by atoms with E-state index in [1.807, 2.05) is 18.2 Å². The van der Waals surface area contributed by atoms with Crippen molar-refractivity contribution < 1.29 is 4.74 Å². The molecule has 0 unspecified atom stereocenters. The number of benzene rings is 2. The number of nitrogens with zero attached hydrogens (tertiary/aromatic N) is 2. The number of rotatable bonds is 3. The maximum Gasteiger partial charge on any atom is 0.111 e.